The fourth-order valence-electron chi connectivity index (χ4n) is 1.61. The Labute approximate surface area is 230 Å². The largest absolute Gasteiger partial charge is 1.00 e. The van der Waals surface area contributed by atoms with Crippen LogP contribution in [0.2, 0.25) is 0 Å². The summed E-state index contributed by atoms with van der Waals surface area (Å²) in [5, 5.41) is 9.58. The van der Waals surface area contributed by atoms with Crippen LogP contribution in [0.3, 0.4) is 0 Å². The molecule has 3 aromatic rings. The predicted octanol–water partition coefficient (Wildman–Crippen LogP) is 1.44. The number of rotatable bonds is 2. The van der Waals surface area contributed by atoms with Gasteiger partial charge in [-0.3, -0.25) is 4.79 Å². The molecule has 0 saturated carbocycles. The number of hydrogen-bond donors (Lipinski definition) is 1. The van der Waals surface area contributed by atoms with Crippen LogP contribution < -0.4 is 63.2 Å². The molecule has 0 saturated heterocycles. The molecule has 0 spiro atoms. The van der Waals surface area contributed by atoms with Gasteiger partial charge in [-0.1, -0.05) is 91.7 Å². The van der Waals surface area contributed by atoms with Gasteiger partial charge in [0.15, 0.2) is 0 Å². The van der Waals surface area contributed by atoms with Gasteiger partial charge in [0.2, 0.25) is 5.91 Å². The summed E-state index contributed by atoms with van der Waals surface area (Å²) in [5.41, 5.74) is 1.16. The number of carbonyl (C=O) groups is 1. The van der Waals surface area contributed by atoms with Gasteiger partial charge in [-0.2, -0.15) is 0 Å². The Morgan fingerprint density at radius 1 is 1.03 bits per heavy atom. The van der Waals surface area contributed by atoms with E-state index < -0.39 is 5.60 Å². The van der Waals surface area contributed by atoms with Crippen molar-refractivity contribution >= 4 is 5.91 Å². The Morgan fingerprint density at radius 3 is 1.67 bits per heavy atom. The quantitative estimate of drug-likeness (QED) is 0.601. The molecule has 1 heterocycles. The topological polar surface area (TPSA) is 67.5 Å². The molecule has 0 aliphatic heterocycles. The Balaban J connectivity index is 0. The number of aromatic nitrogens is 2. The molecule has 0 radical (unpaired) electrons. The van der Waals surface area contributed by atoms with Crippen LogP contribution in [0.5, 0.6) is 0 Å². The Hall–Kier alpha value is -1.11. The minimum atomic E-state index is -0.809. The first-order chi connectivity index (χ1) is 13.7. The summed E-state index contributed by atoms with van der Waals surface area (Å²) in [6.45, 7) is 7.26. The molecule has 1 unspecified atom stereocenters. The smallest absolute Gasteiger partial charge is 0.449 e. The minimum Gasteiger partial charge on any atom is -0.449 e. The Bertz CT molecular complexity index is 720. The third kappa shape index (κ3) is 16.7. The van der Waals surface area contributed by atoms with E-state index in [1.165, 1.54) is 23.7 Å². The van der Waals surface area contributed by atoms with Crippen LogP contribution in [0.25, 0.3) is 0 Å². The van der Waals surface area contributed by atoms with Gasteiger partial charge in [-0.15, -0.1) is 0 Å². The van der Waals surface area contributed by atoms with Gasteiger partial charge in [0, 0.05) is 21.0 Å². The molecule has 1 N–H and O–H groups in total. The van der Waals surface area contributed by atoms with Crippen LogP contribution in [-0.4, -0.2) is 35.0 Å². The summed E-state index contributed by atoms with van der Waals surface area (Å²) in [6.07, 6.45) is 3.69. The van der Waals surface area contributed by atoms with E-state index in [9.17, 15) is 9.90 Å². The maximum absolute atomic E-state index is 10.1. The molecular weight excluding hydrogens is 448 g/mol. The van der Waals surface area contributed by atoms with Crippen molar-refractivity contribution in [2.24, 2.45) is 0 Å². The molecule has 1 aromatic heterocycles. The summed E-state index contributed by atoms with van der Waals surface area (Å²) in [5.74, 6) is 0.0926. The first kappa shape index (κ1) is 31.1. The van der Waals surface area contributed by atoms with E-state index in [0.29, 0.717) is 12.1 Å². The molecule has 30 heavy (non-hydrogen) atoms. The van der Waals surface area contributed by atoms with Crippen molar-refractivity contribution in [2.75, 3.05) is 14.1 Å². The van der Waals surface area contributed by atoms with E-state index in [1.54, 1.807) is 27.2 Å². The second-order valence-electron chi connectivity index (χ2n) is 6.76. The number of carbonyl (C=O) groups excluding carboxylic acids is 1. The molecule has 5 nitrogen and oxygen atoms in total. The molecule has 0 bridgehead atoms. The minimum absolute atomic E-state index is 0. The zero-order valence-electron chi connectivity index (χ0n) is 19.4. The van der Waals surface area contributed by atoms with Crippen LogP contribution >= 0.6 is 0 Å². The average molecular weight is 482 g/mol. The third-order valence-electron chi connectivity index (χ3n) is 3.94. The second-order valence-corrected chi connectivity index (χ2v) is 6.76. The van der Waals surface area contributed by atoms with Gasteiger partial charge < -0.3 is 20.0 Å². The SMILES string of the molecule is CC(=O)N(C)C.CCC(C)(O)c1c[n-]cn1.Cc1ccccc1.[Rb+].c1ccccc1. The number of nitrogens with zero attached hydrogens (tertiary/aromatic N) is 3. The predicted molar refractivity (Wildman–Crippen MR) is 119 cm³/mol. The summed E-state index contributed by atoms with van der Waals surface area (Å²) in [4.78, 5) is 19.3. The summed E-state index contributed by atoms with van der Waals surface area (Å²) < 4.78 is 0. The number of aliphatic hydroxyl groups is 1. The molecule has 1 amide bonds. The maximum atomic E-state index is 10.1. The van der Waals surface area contributed by atoms with Gasteiger partial charge in [-0.05, 0) is 26.0 Å². The van der Waals surface area contributed by atoms with E-state index >= 15 is 0 Å². The monoisotopic (exact) mass is 481 g/mol. The van der Waals surface area contributed by atoms with Crippen molar-refractivity contribution in [1.29, 1.82) is 0 Å². The fraction of sp³-hybridized carbons (Fsp3) is 0.333. The Kier molecular flexibility index (Phi) is 19.3. The number of imidazole rings is 1. The summed E-state index contributed by atoms with van der Waals surface area (Å²) >= 11 is 0. The molecule has 158 valence electrons. The number of amides is 1. The third-order valence-corrected chi connectivity index (χ3v) is 3.94. The van der Waals surface area contributed by atoms with E-state index in [2.05, 4.69) is 29.0 Å². The van der Waals surface area contributed by atoms with Gasteiger partial charge in [0.05, 0.1) is 5.60 Å². The number of aryl methyl sites for hydroxylation is 1. The zero-order chi connectivity index (χ0) is 22.1. The van der Waals surface area contributed by atoms with Crippen LogP contribution in [0, 0.1) is 6.92 Å². The summed E-state index contributed by atoms with van der Waals surface area (Å²) in [7, 11) is 3.45. The van der Waals surface area contributed by atoms with E-state index in [0.717, 1.165) is 0 Å². The Morgan fingerprint density at radius 2 is 1.43 bits per heavy atom. The normalized spacial score (nSPS) is 10.8. The van der Waals surface area contributed by atoms with Crippen molar-refractivity contribution in [3.8, 4) is 0 Å². The van der Waals surface area contributed by atoms with Gasteiger partial charge in [0.25, 0.3) is 0 Å². The zero-order valence-corrected chi connectivity index (χ0v) is 24.3. The van der Waals surface area contributed by atoms with E-state index in [1.807, 2.05) is 61.5 Å². The van der Waals surface area contributed by atoms with Crippen molar-refractivity contribution in [1.82, 2.24) is 14.9 Å². The second kappa shape index (κ2) is 18.6. The maximum Gasteiger partial charge on any atom is 1.00 e. The van der Waals surface area contributed by atoms with Gasteiger partial charge in [0.1, 0.15) is 0 Å². The van der Waals surface area contributed by atoms with Crippen LogP contribution in [-0.2, 0) is 10.4 Å². The number of hydrogen-bond acceptors (Lipinski definition) is 3. The molecule has 0 fully saturated rings. The first-order valence-electron chi connectivity index (χ1n) is 9.55. The van der Waals surface area contributed by atoms with Crippen molar-refractivity contribution in [3.05, 3.63) is 90.5 Å². The molecule has 2 aromatic carbocycles. The molecule has 0 aliphatic carbocycles. The number of benzene rings is 2. The van der Waals surface area contributed by atoms with Crippen molar-refractivity contribution in [2.45, 2.75) is 39.7 Å². The fourth-order valence-corrected chi connectivity index (χ4v) is 1.61. The molecule has 3 rings (SSSR count). The van der Waals surface area contributed by atoms with Crippen LogP contribution in [0.1, 0.15) is 38.4 Å². The summed E-state index contributed by atoms with van der Waals surface area (Å²) in [6, 6.07) is 22.3. The molecule has 1 atom stereocenters. The first-order valence-corrected chi connectivity index (χ1v) is 9.55. The molecule has 0 aliphatic rings. The molecular formula is C24H34N3O2Rb. The van der Waals surface area contributed by atoms with Gasteiger partial charge >= 0.3 is 58.2 Å². The van der Waals surface area contributed by atoms with Crippen LogP contribution in [0.15, 0.2) is 79.3 Å². The van der Waals surface area contributed by atoms with E-state index in [-0.39, 0.29) is 64.1 Å². The van der Waals surface area contributed by atoms with Crippen LogP contribution in [0.4, 0.5) is 0 Å². The molecule has 6 heteroatoms. The van der Waals surface area contributed by atoms with Crippen molar-refractivity contribution < 1.29 is 68.1 Å². The van der Waals surface area contributed by atoms with E-state index in [4.69, 9.17) is 0 Å². The van der Waals surface area contributed by atoms with Crippen molar-refractivity contribution in [3.63, 3.8) is 0 Å². The average Bonchev–Trinajstić information content (AvgIpc) is 3.27. The van der Waals surface area contributed by atoms with Gasteiger partial charge in [-0.25, -0.2) is 0 Å². The standard InChI is InChI=1S/C7H11N2O.C7H8.C6H6.C4H9NO.Rb/c1-3-7(2,10)6-4-8-5-9-6;1-7-5-3-2-4-6-7;1-2-4-6-5-3-1;1-4(6)5(2)3;/h4-5,10H,3H2,1-2H3;2-6H,1H3;1-6H;1-3H3;/q-1;;;;+1.